The highest BCUT2D eigenvalue weighted by Gasteiger charge is 2.10. The summed E-state index contributed by atoms with van der Waals surface area (Å²) in [5.41, 5.74) is 1.72. The number of hydrogen-bond acceptors (Lipinski definition) is 3. The molecule has 0 heterocycles. The Labute approximate surface area is 154 Å². The van der Waals surface area contributed by atoms with E-state index in [1.807, 2.05) is 39.8 Å². The fraction of sp³-hybridized carbons (Fsp3) is 0.333. The number of carbonyl (C=O) groups excluding carboxylic acids is 2. The zero-order valence-corrected chi connectivity index (χ0v) is 15.7. The summed E-state index contributed by atoms with van der Waals surface area (Å²) in [6, 6.07) is 13.8. The number of carbonyl (C=O) groups is 2. The Morgan fingerprint density at radius 1 is 0.846 bits per heavy atom. The molecule has 0 atom stereocenters. The van der Waals surface area contributed by atoms with Crippen LogP contribution in [-0.4, -0.2) is 24.5 Å². The van der Waals surface area contributed by atoms with Crippen molar-refractivity contribution >= 4 is 17.5 Å². The van der Waals surface area contributed by atoms with Gasteiger partial charge in [0.25, 0.3) is 11.8 Å². The van der Waals surface area contributed by atoms with Crippen molar-refractivity contribution in [2.75, 3.05) is 11.9 Å². The third-order valence-corrected chi connectivity index (χ3v) is 3.56. The first-order chi connectivity index (χ1) is 12.3. The first kappa shape index (κ1) is 19.5. The highest BCUT2D eigenvalue weighted by molar-refractivity contribution is 6.05. The van der Waals surface area contributed by atoms with Gasteiger partial charge < -0.3 is 15.4 Å². The van der Waals surface area contributed by atoms with Crippen LogP contribution < -0.4 is 15.4 Å². The molecule has 0 bridgehead atoms. The number of ether oxygens (including phenoxy) is 1. The number of rotatable bonds is 7. The summed E-state index contributed by atoms with van der Waals surface area (Å²) >= 11 is 0. The molecule has 26 heavy (non-hydrogen) atoms. The minimum atomic E-state index is -0.225. The van der Waals surface area contributed by atoms with E-state index in [-0.39, 0.29) is 17.9 Å². The Balaban J connectivity index is 1.96. The molecule has 2 aromatic rings. The lowest BCUT2D eigenvalue weighted by molar-refractivity contribution is 0.0947. The Morgan fingerprint density at radius 3 is 1.88 bits per heavy atom. The van der Waals surface area contributed by atoms with Gasteiger partial charge in [-0.2, -0.15) is 0 Å². The van der Waals surface area contributed by atoms with E-state index in [1.54, 1.807) is 36.4 Å². The van der Waals surface area contributed by atoms with E-state index in [1.165, 1.54) is 0 Å². The normalized spacial score (nSPS) is 10.7. The largest absolute Gasteiger partial charge is 0.491 e. The quantitative estimate of drug-likeness (QED) is 0.786. The fourth-order valence-electron chi connectivity index (χ4n) is 2.26. The van der Waals surface area contributed by atoms with Crippen LogP contribution in [-0.2, 0) is 0 Å². The molecule has 5 nitrogen and oxygen atoms in total. The lowest BCUT2D eigenvalue weighted by atomic mass is 10.1. The maximum atomic E-state index is 12.3. The summed E-state index contributed by atoms with van der Waals surface area (Å²) in [4.78, 5) is 24.3. The Hall–Kier alpha value is -2.82. The number of anilines is 1. The van der Waals surface area contributed by atoms with Crippen LogP contribution >= 0.6 is 0 Å². The van der Waals surface area contributed by atoms with Crippen LogP contribution in [0, 0.1) is 5.92 Å². The molecular weight excluding hydrogens is 328 g/mol. The molecule has 138 valence electrons. The van der Waals surface area contributed by atoms with E-state index in [0.717, 1.165) is 5.75 Å². The molecule has 0 radical (unpaired) electrons. The number of hydrogen-bond donors (Lipinski definition) is 2. The standard InChI is InChI=1S/C21H26N2O3/c1-14(2)13-22-20(24)16-5-7-17(8-6-16)21(25)23-18-9-11-19(12-10-18)26-15(3)4/h5-12,14-15H,13H2,1-4H3,(H,22,24)(H,23,25). The number of amides is 2. The van der Waals surface area contributed by atoms with Gasteiger partial charge in [-0.25, -0.2) is 0 Å². The molecule has 2 rings (SSSR count). The minimum absolute atomic E-state index is 0.103. The van der Waals surface area contributed by atoms with Gasteiger partial charge in [0.1, 0.15) is 5.75 Å². The van der Waals surface area contributed by atoms with Gasteiger partial charge in [0, 0.05) is 23.4 Å². The monoisotopic (exact) mass is 354 g/mol. The topological polar surface area (TPSA) is 67.4 Å². The van der Waals surface area contributed by atoms with Crippen molar-refractivity contribution in [3.63, 3.8) is 0 Å². The van der Waals surface area contributed by atoms with Crippen molar-refractivity contribution in [2.24, 2.45) is 5.92 Å². The molecule has 0 fully saturated rings. The third kappa shape index (κ3) is 5.92. The lowest BCUT2D eigenvalue weighted by Gasteiger charge is -2.11. The molecule has 0 spiro atoms. The predicted molar refractivity (Wildman–Crippen MR) is 104 cm³/mol. The summed E-state index contributed by atoms with van der Waals surface area (Å²) in [6.07, 6.45) is 0.103. The molecular formula is C21H26N2O3. The Bertz CT molecular complexity index is 735. The molecule has 0 saturated carbocycles. The maximum absolute atomic E-state index is 12.3. The minimum Gasteiger partial charge on any atom is -0.491 e. The first-order valence-electron chi connectivity index (χ1n) is 8.81. The van der Waals surface area contributed by atoms with Crippen molar-refractivity contribution < 1.29 is 14.3 Å². The van der Waals surface area contributed by atoms with Crippen molar-refractivity contribution in [3.8, 4) is 5.75 Å². The second-order valence-electron chi connectivity index (χ2n) is 6.83. The molecule has 2 amide bonds. The number of benzene rings is 2. The molecule has 0 aliphatic carbocycles. The predicted octanol–water partition coefficient (Wildman–Crippen LogP) is 4.11. The second-order valence-corrected chi connectivity index (χ2v) is 6.83. The Morgan fingerprint density at radius 2 is 1.38 bits per heavy atom. The lowest BCUT2D eigenvalue weighted by Crippen LogP contribution is -2.27. The van der Waals surface area contributed by atoms with Crippen molar-refractivity contribution in [3.05, 3.63) is 59.7 Å². The maximum Gasteiger partial charge on any atom is 0.255 e. The van der Waals surface area contributed by atoms with Gasteiger partial charge >= 0.3 is 0 Å². The molecule has 0 saturated heterocycles. The van der Waals surface area contributed by atoms with Crippen molar-refractivity contribution in [1.29, 1.82) is 0 Å². The zero-order valence-electron chi connectivity index (χ0n) is 15.7. The van der Waals surface area contributed by atoms with Gasteiger partial charge in [-0.15, -0.1) is 0 Å². The summed E-state index contributed by atoms with van der Waals surface area (Å²) in [7, 11) is 0. The average molecular weight is 354 g/mol. The first-order valence-corrected chi connectivity index (χ1v) is 8.81. The van der Waals surface area contributed by atoms with Gasteiger partial charge in [0.2, 0.25) is 0 Å². The highest BCUT2D eigenvalue weighted by Crippen LogP contribution is 2.17. The van der Waals surface area contributed by atoms with E-state index >= 15 is 0 Å². The van der Waals surface area contributed by atoms with E-state index in [0.29, 0.717) is 29.3 Å². The van der Waals surface area contributed by atoms with Crippen molar-refractivity contribution in [1.82, 2.24) is 5.32 Å². The van der Waals surface area contributed by atoms with Gasteiger partial charge in [-0.1, -0.05) is 13.8 Å². The molecule has 0 aliphatic rings. The van der Waals surface area contributed by atoms with Crippen LogP contribution in [0.3, 0.4) is 0 Å². The summed E-state index contributed by atoms with van der Waals surface area (Å²) in [5.74, 6) is 0.791. The third-order valence-electron chi connectivity index (χ3n) is 3.56. The van der Waals surface area contributed by atoms with Crippen LogP contribution in [0.15, 0.2) is 48.5 Å². The molecule has 2 aromatic carbocycles. The summed E-state index contributed by atoms with van der Waals surface area (Å²) in [6.45, 7) is 8.62. The highest BCUT2D eigenvalue weighted by atomic mass is 16.5. The smallest absolute Gasteiger partial charge is 0.255 e. The average Bonchev–Trinajstić information content (AvgIpc) is 2.61. The van der Waals surface area contributed by atoms with Crippen LogP contribution in [0.2, 0.25) is 0 Å². The van der Waals surface area contributed by atoms with E-state index in [9.17, 15) is 9.59 Å². The van der Waals surface area contributed by atoms with Crippen molar-refractivity contribution in [2.45, 2.75) is 33.8 Å². The number of nitrogens with one attached hydrogen (secondary N) is 2. The molecule has 0 aliphatic heterocycles. The van der Waals surface area contributed by atoms with Gasteiger partial charge in [-0.05, 0) is 68.3 Å². The summed E-state index contributed by atoms with van der Waals surface area (Å²) in [5, 5.41) is 5.69. The van der Waals surface area contributed by atoms with Crippen LogP contribution in [0.1, 0.15) is 48.4 Å². The van der Waals surface area contributed by atoms with Crippen LogP contribution in [0.4, 0.5) is 5.69 Å². The van der Waals surface area contributed by atoms with Gasteiger partial charge in [0.05, 0.1) is 6.10 Å². The SMILES string of the molecule is CC(C)CNC(=O)c1ccc(C(=O)Nc2ccc(OC(C)C)cc2)cc1. The van der Waals surface area contributed by atoms with E-state index in [2.05, 4.69) is 10.6 Å². The fourth-order valence-corrected chi connectivity index (χ4v) is 2.26. The van der Waals surface area contributed by atoms with Gasteiger partial charge in [0.15, 0.2) is 0 Å². The van der Waals surface area contributed by atoms with E-state index in [4.69, 9.17) is 4.74 Å². The zero-order chi connectivity index (χ0) is 19.1. The van der Waals surface area contributed by atoms with Crippen LogP contribution in [0.5, 0.6) is 5.75 Å². The molecule has 0 aromatic heterocycles. The molecule has 0 unspecified atom stereocenters. The molecule has 5 heteroatoms. The summed E-state index contributed by atoms with van der Waals surface area (Å²) < 4.78 is 5.58. The van der Waals surface area contributed by atoms with Crippen LogP contribution in [0.25, 0.3) is 0 Å². The van der Waals surface area contributed by atoms with Gasteiger partial charge in [-0.3, -0.25) is 9.59 Å². The Kier molecular flexibility index (Phi) is 6.78. The van der Waals surface area contributed by atoms with E-state index < -0.39 is 0 Å². The second kappa shape index (κ2) is 9.04. The molecule has 2 N–H and O–H groups in total.